The van der Waals surface area contributed by atoms with Crippen LogP contribution in [0.3, 0.4) is 0 Å². The maximum atomic E-state index is 13.1. The minimum absolute atomic E-state index is 0.314. The third-order valence-electron chi connectivity index (χ3n) is 6.69. The van der Waals surface area contributed by atoms with Crippen LogP contribution >= 0.6 is 0 Å². The number of rotatable bonds is 2. The molecule has 25 heavy (non-hydrogen) atoms. The fourth-order valence-corrected chi connectivity index (χ4v) is 4.57. The Labute approximate surface area is 145 Å². The van der Waals surface area contributed by atoms with Crippen LogP contribution in [-0.4, -0.2) is 22.5 Å². The van der Waals surface area contributed by atoms with E-state index >= 15 is 0 Å². The predicted molar refractivity (Wildman–Crippen MR) is 90.9 cm³/mol. The van der Waals surface area contributed by atoms with Gasteiger partial charge in [0.05, 0.1) is 0 Å². The Bertz CT molecular complexity index is 942. The molecule has 1 aromatic heterocycles. The monoisotopic (exact) mass is 337 g/mol. The van der Waals surface area contributed by atoms with Gasteiger partial charge < -0.3 is 4.74 Å². The molecule has 0 radical (unpaired) electrons. The van der Waals surface area contributed by atoms with E-state index in [1.165, 1.54) is 0 Å². The summed E-state index contributed by atoms with van der Waals surface area (Å²) in [7, 11) is 0. The zero-order valence-corrected chi connectivity index (χ0v) is 14.5. The first-order valence-corrected chi connectivity index (χ1v) is 8.41. The van der Waals surface area contributed by atoms with Crippen molar-refractivity contribution in [3.05, 3.63) is 36.5 Å². The SMILES string of the molecule is CC12CCC(C(=O)Oc3cccc4cccnc34)(C(=O)C1=O)C2(C)C. The second-order valence-electron chi connectivity index (χ2n) is 7.74. The van der Waals surface area contributed by atoms with Crippen LogP contribution in [0, 0.1) is 16.2 Å². The minimum atomic E-state index is -1.41. The average Bonchev–Trinajstić information content (AvgIpc) is 2.87. The van der Waals surface area contributed by atoms with Gasteiger partial charge in [-0.2, -0.15) is 0 Å². The molecule has 2 bridgehead atoms. The molecule has 2 unspecified atom stereocenters. The van der Waals surface area contributed by atoms with Crippen molar-refractivity contribution >= 4 is 28.4 Å². The number of esters is 1. The molecule has 0 N–H and O–H groups in total. The van der Waals surface area contributed by atoms with E-state index in [1.54, 1.807) is 31.3 Å². The third-order valence-corrected chi connectivity index (χ3v) is 6.69. The molecule has 0 spiro atoms. The van der Waals surface area contributed by atoms with Crippen LogP contribution in [0.2, 0.25) is 0 Å². The lowest BCUT2D eigenvalue weighted by Gasteiger charge is -2.36. The highest BCUT2D eigenvalue weighted by molar-refractivity contribution is 6.48. The topological polar surface area (TPSA) is 73.3 Å². The zero-order chi connectivity index (χ0) is 18.0. The number of carbonyl (C=O) groups excluding carboxylic acids is 3. The Morgan fingerprint density at radius 1 is 1.04 bits per heavy atom. The molecule has 0 saturated heterocycles. The molecule has 2 aromatic rings. The van der Waals surface area contributed by atoms with Crippen molar-refractivity contribution in [3.8, 4) is 5.75 Å². The van der Waals surface area contributed by atoms with Gasteiger partial charge in [0.25, 0.3) is 0 Å². The summed E-state index contributed by atoms with van der Waals surface area (Å²) >= 11 is 0. The molecule has 2 aliphatic carbocycles. The van der Waals surface area contributed by atoms with E-state index in [2.05, 4.69) is 4.98 Å². The van der Waals surface area contributed by atoms with Crippen molar-refractivity contribution in [2.24, 2.45) is 16.2 Å². The van der Waals surface area contributed by atoms with Gasteiger partial charge in [0.15, 0.2) is 5.75 Å². The van der Waals surface area contributed by atoms with Gasteiger partial charge in [-0.1, -0.05) is 39.0 Å². The number of ketones is 2. The van der Waals surface area contributed by atoms with Gasteiger partial charge >= 0.3 is 5.97 Å². The highest BCUT2D eigenvalue weighted by Crippen LogP contribution is 2.69. The molecule has 128 valence electrons. The van der Waals surface area contributed by atoms with Crippen molar-refractivity contribution in [1.82, 2.24) is 4.98 Å². The highest BCUT2D eigenvalue weighted by atomic mass is 16.5. The third kappa shape index (κ3) is 1.68. The van der Waals surface area contributed by atoms with E-state index in [0.29, 0.717) is 24.1 Å². The average molecular weight is 337 g/mol. The van der Waals surface area contributed by atoms with Crippen LogP contribution in [0.15, 0.2) is 36.5 Å². The summed E-state index contributed by atoms with van der Waals surface area (Å²) in [6.45, 7) is 5.44. The van der Waals surface area contributed by atoms with Crippen molar-refractivity contribution in [2.45, 2.75) is 33.6 Å². The molecular weight excluding hydrogens is 318 g/mol. The second-order valence-corrected chi connectivity index (χ2v) is 7.74. The van der Waals surface area contributed by atoms with Gasteiger partial charge in [-0.3, -0.25) is 19.4 Å². The first kappa shape index (κ1) is 15.9. The van der Waals surface area contributed by atoms with Gasteiger partial charge in [0.2, 0.25) is 11.6 Å². The summed E-state index contributed by atoms with van der Waals surface area (Å²) in [4.78, 5) is 42.7. The Hall–Kier alpha value is -2.56. The Kier molecular flexibility index (Phi) is 3.03. The number of carbonyl (C=O) groups is 3. The fourth-order valence-electron chi connectivity index (χ4n) is 4.57. The van der Waals surface area contributed by atoms with E-state index in [-0.39, 0.29) is 0 Å². The van der Waals surface area contributed by atoms with Gasteiger partial charge in [-0.25, -0.2) is 0 Å². The second kappa shape index (κ2) is 4.75. The highest BCUT2D eigenvalue weighted by Gasteiger charge is 2.78. The van der Waals surface area contributed by atoms with E-state index in [0.717, 1.165) is 5.39 Å². The van der Waals surface area contributed by atoms with E-state index in [1.807, 2.05) is 26.0 Å². The Morgan fingerprint density at radius 3 is 2.44 bits per heavy atom. The number of fused-ring (bicyclic) bond motifs is 3. The summed E-state index contributed by atoms with van der Waals surface area (Å²) in [5.41, 5.74) is -2.43. The largest absolute Gasteiger partial charge is 0.423 e. The smallest absolute Gasteiger partial charge is 0.326 e. The molecular formula is C20H19NO4. The van der Waals surface area contributed by atoms with E-state index in [9.17, 15) is 14.4 Å². The Balaban J connectivity index is 1.79. The van der Waals surface area contributed by atoms with E-state index < -0.39 is 33.8 Å². The first-order chi connectivity index (χ1) is 11.8. The molecule has 5 nitrogen and oxygen atoms in total. The van der Waals surface area contributed by atoms with Crippen molar-refractivity contribution < 1.29 is 19.1 Å². The van der Waals surface area contributed by atoms with E-state index in [4.69, 9.17) is 4.74 Å². The molecule has 5 heteroatoms. The number of para-hydroxylation sites is 1. The number of ether oxygens (including phenoxy) is 1. The number of nitrogens with zero attached hydrogens (tertiary/aromatic N) is 1. The normalized spacial score (nSPS) is 30.0. The summed E-state index contributed by atoms with van der Waals surface area (Å²) in [5, 5.41) is 0.842. The van der Waals surface area contributed by atoms with Crippen LogP contribution in [0.1, 0.15) is 33.6 Å². The lowest BCUT2D eigenvalue weighted by atomic mass is 9.65. The zero-order valence-electron chi connectivity index (χ0n) is 14.5. The standard InChI is InChI=1S/C20H19NO4/c1-18(2)19(3)9-10-20(18,16(23)15(19)22)17(24)25-13-8-4-6-12-7-5-11-21-14(12)13/h4-8,11H,9-10H2,1-3H3. The van der Waals surface area contributed by atoms with Crippen molar-refractivity contribution in [2.75, 3.05) is 0 Å². The number of hydrogen-bond acceptors (Lipinski definition) is 5. The summed E-state index contributed by atoms with van der Waals surface area (Å²) in [6, 6.07) is 8.98. The number of pyridine rings is 1. The minimum Gasteiger partial charge on any atom is -0.423 e. The molecule has 2 fully saturated rings. The molecule has 2 saturated carbocycles. The number of aromatic nitrogens is 1. The van der Waals surface area contributed by atoms with Crippen LogP contribution in [0.25, 0.3) is 10.9 Å². The summed E-state index contributed by atoms with van der Waals surface area (Å²) in [6.07, 6.45) is 2.49. The lowest BCUT2D eigenvalue weighted by molar-refractivity contribution is -0.157. The Morgan fingerprint density at radius 2 is 1.76 bits per heavy atom. The number of benzene rings is 1. The maximum absolute atomic E-state index is 13.1. The predicted octanol–water partition coefficient (Wildman–Crippen LogP) is 3.10. The molecule has 2 aliphatic rings. The molecule has 2 atom stereocenters. The molecule has 4 rings (SSSR count). The van der Waals surface area contributed by atoms with Gasteiger partial charge in [0.1, 0.15) is 10.9 Å². The lowest BCUT2D eigenvalue weighted by Crippen LogP contribution is -2.47. The van der Waals surface area contributed by atoms with Gasteiger partial charge in [-0.05, 0) is 25.0 Å². The van der Waals surface area contributed by atoms with Crippen LogP contribution in [0.4, 0.5) is 0 Å². The van der Waals surface area contributed by atoms with Gasteiger partial charge in [0, 0.05) is 22.4 Å². The molecule has 0 aliphatic heterocycles. The van der Waals surface area contributed by atoms with Crippen LogP contribution < -0.4 is 4.74 Å². The van der Waals surface area contributed by atoms with Crippen molar-refractivity contribution in [1.29, 1.82) is 0 Å². The summed E-state index contributed by atoms with van der Waals surface area (Å²) < 4.78 is 5.66. The number of hydrogen-bond donors (Lipinski definition) is 0. The molecule has 0 amide bonds. The van der Waals surface area contributed by atoms with Gasteiger partial charge in [-0.15, -0.1) is 0 Å². The quantitative estimate of drug-likeness (QED) is 0.364. The molecule has 1 heterocycles. The van der Waals surface area contributed by atoms with Crippen LogP contribution in [0.5, 0.6) is 5.75 Å². The van der Waals surface area contributed by atoms with Crippen molar-refractivity contribution in [3.63, 3.8) is 0 Å². The first-order valence-electron chi connectivity index (χ1n) is 8.41. The molecule has 1 aromatic carbocycles. The summed E-state index contributed by atoms with van der Waals surface area (Å²) in [5.74, 6) is -1.38. The van der Waals surface area contributed by atoms with Crippen LogP contribution in [-0.2, 0) is 14.4 Å². The maximum Gasteiger partial charge on any atom is 0.326 e. The fraction of sp³-hybridized carbons (Fsp3) is 0.400. The number of Topliss-reactive ketones (excluding diaryl/α,β-unsaturated/α-hetero) is 2.